The van der Waals surface area contributed by atoms with Gasteiger partial charge in [-0.05, 0) is 85.9 Å². The highest BCUT2D eigenvalue weighted by atomic mass is 35.5. The monoisotopic (exact) mass is 617 g/mol. The normalized spacial score (nSPS) is 12.6. The Morgan fingerprint density at radius 2 is 1.79 bits per heavy atom. The molecule has 0 amide bonds. The molecule has 0 N–H and O–H groups in total. The number of carbonyl (C=O) groups is 1. The molecule has 43 heavy (non-hydrogen) atoms. The Hall–Kier alpha value is -3.71. The van der Waals surface area contributed by atoms with Crippen LogP contribution in [-0.4, -0.2) is 35.9 Å². The molecule has 0 aliphatic heterocycles. The standard InChI is InChI=1S/C32H38F3N5O2.ClH/c1-5-39(14-9-8-12-31(41)42-4)29-19-25-11-7-6-10-24(25)18-26(29)22-40(30-13-15-38(3)37-30)21-23-16-27(32(33,34)35)20-28(17-23)36-2;/h13,15-20H,5-12,14,21-22H2,1,3-4H3;1H. The lowest BCUT2D eigenvalue weighted by Gasteiger charge is -2.31. The molecule has 0 bridgehead atoms. The molecule has 232 valence electrons. The summed E-state index contributed by atoms with van der Waals surface area (Å²) in [6.07, 6.45) is 3.49. The van der Waals surface area contributed by atoms with Gasteiger partial charge in [-0.3, -0.25) is 9.48 Å². The predicted octanol–water partition coefficient (Wildman–Crippen LogP) is 7.67. The van der Waals surface area contributed by atoms with E-state index in [0.29, 0.717) is 24.3 Å². The van der Waals surface area contributed by atoms with E-state index >= 15 is 0 Å². The molecule has 0 saturated carbocycles. The van der Waals surface area contributed by atoms with Gasteiger partial charge in [0.1, 0.15) is 0 Å². The molecular weight excluding hydrogens is 579 g/mol. The van der Waals surface area contributed by atoms with Crippen molar-refractivity contribution in [2.75, 3.05) is 30.0 Å². The van der Waals surface area contributed by atoms with Gasteiger partial charge < -0.3 is 14.5 Å². The Morgan fingerprint density at radius 1 is 1.07 bits per heavy atom. The fourth-order valence-electron chi connectivity index (χ4n) is 5.58. The van der Waals surface area contributed by atoms with Crippen LogP contribution in [0.1, 0.15) is 66.8 Å². The maximum atomic E-state index is 13.7. The number of halogens is 4. The largest absolute Gasteiger partial charge is 0.469 e. The van der Waals surface area contributed by atoms with Gasteiger partial charge in [-0.2, -0.15) is 18.3 Å². The molecule has 0 fully saturated rings. The summed E-state index contributed by atoms with van der Waals surface area (Å²) in [7, 11) is 3.20. The van der Waals surface area contributed by atoms with Gasteiger partial charge >= 0.3 is 12.1 Å². The molecule has 0 unspecified atom stereocenters. The lowest BCUT2D eigenvalue weighted by Crippen LogP contribution is -2.29. The Morgan fingerprint density at radius 3 is 2.40 bits per heavy atom. The maximum absolute atomic E-state index is 13.7. The number of ether oxygens (including phenoxy) is 1. The fraction of sp³-hybridized carbons (Fsp3) is 0.469. The fourth-order valence-corrected chi connectivity index (χ4v) is 5.58. The van der Waals surface area contributed by atoms with Crippen molar-refractivity contribution >= 4 is 35.6 Å². The SMILES string of the molecule is Cl.[C-]#[N+]c1cc(CN(Cc2cc3c(cc2N(CC)CCCCC(=O)OC)CCCC3)c2ccn(C)n2)cc(C(F)(F)F)c1. The second kappa shape index (κ2) is 15.1. The number of aromatic nitrogens is 2. The number of hydrogen-bond acceptors (Lipinski definition) is 5. The van der Waals surface area contributed by atoms with Crippen LogP contribution in [0.4, 0.5) is 30.4 Å². The number of alkyl halides is 3. The lowest BCUT2D eigenvalue weighted by molar-refractivity contribution is -0.140. The number of carbonyl (C=O) groups excluding carboxylic acids is 1. The van der Waals surface area contributed by atoms with Gasteiger partial charge in [0.2, 0.25) is 0 Å². The van der Waals surface area contributed by atoms with Crippen LogP contribution in [-0.2, 0) is 48.7 Å². The van der Waals surface area contributed by atoms with E-state index in [1.54, 1.807) is 11.7 Å². The zero-order chi connectivity index (χ0) is 30.3. The van der Waals surface area contributed by atoms with Gasteiger partial charge in [0, 0.05) is 63.2 Å². The van der Waals surface area contributed by atoms with Crippen LogP contribution < -0.4 is 9.80 Å². The first kappa shape index (κ1) is 33.8. The molecule has 1 aliphatic carbocycles. The molecule has 1 aliphatic rings. The second-order valence-electron chi connectivity index (χ2n) is 10.8. The van der Waals surface area contributed by atoms with Crippen molar-refractivity contribution in [3.8, 4) is 0 Å². The van der Waals surface area contributed by atoms with E-state index in [9.17, 15) is 18.0 Å². The van der Waals surface area contributed by atoms with Crippen LogP contribution in [0.2, 0.25) is 0 Å². The molecule has 0 atom stereocenters. The van der Waals surface area contributed by atoms with Gasteiger partial charge in [0.25, 0.3) is 0 Å². The van der Waals surface area contributed by atoms with Crippen molar-refractivity contribution in [3.05, 3.63) is 81.8 Å². The van der Waals surface area contributed by atoms with Gasteiger partial charge in [0.15, 0.2) is 11.5 Å². The van der Waals surface area contributed by atoms with E-state index < -0.39 is 11.7 Å². The molecule has 3 aromatic rings. The van der Waals surface area contributed by atoms with Crippen LogP contribution in [0.25, 0.3) is 4.85 Å². The van der Waals surface area contributed by atoms with Crippen molar-refractivity contribution in [1.82, 2.24) is 9.78 Å². The van der Waals surface area contributed by atoms with E-state index in [0.717, 1.165) is 75.0 Å². The van der Waals surface area contributed by atoms with Gasteiger partial charge in [-0.15, -0.1) is 12.4 Å². The molecule has 4 rings (SSSR count). The summed E-state index contributed by atoms with van der Waals surface area (Å²) in [6, 6.07) is 9.93. The number of methoxy groups -OCH3 is 1. The Labute approximate surface area is 257 Å². The average Bonchev–Trinajstić information content (AvgIpc) is 3.42. The van der Waals surface area contributed by atoms with Crippen LogP contribution in [0.15, 0.2) is 42.6 Å². The molecule has 7 nitrogen and oxygen atoms in total. The molecule has 1 aromatic heterocycles. The first-order valence-corrected chi connectivity index (χ1v) is 14.4. The number of fused-ring (bicyclic) bond motifs is 1. The zero-order valence-electron chi connectivity index (χ0n) is 24.9. The summed E-state index contributed by atoms with van der Waals surface area (Å²) >= 11 is 0. The Bertz CT molecular complexity index is 1430. The molecular formula is C32H39ClF3N5O2. The second-order valence-corrected chi connectivity index (χ2v) is 10.8. The minimum absolute atomic E-state index is 0. The molecule has 0 saturated heterocycles. The summed E-state index contributed by atoms with van der Waals surface area (Å²) < 4.78 is 47.4. The van der Waals surface area contributed by atoms with Crippen molar-refractivity contribution < 1.29 is 22.7 Å². The van der Waals surface area contributed by atoms with E-state index in [4.69, 9.17) is 11.3 Å². The Kier molecular flexibility index (Phi) is 11.9. The van der Waals surface area contributed by atoms with Crippen LogP contribution in [0.3, 0.4) is 0 Å². The third kappa shape index (κ3) is 8.90. The third-order valence-corrected chi connectivity index (χ3v) is 7.74. The maximum Gasteiger partial charge on any atom is 0.415 e. The number of rotatable bonds is 12. The third-order valence-electron chi connectivity index (χ3n) is 7.74. The van der Waals surface area contributed by atoms with Crippen LogP contribution >= 0.6 is 12.4 Å². The molecule has 0 radical (unpaired) electrons. The summed E-state index contributed by atoms with van der Waals surface area (Å²) in [5.41, 5.74) is 4.37. The molecule has 11 heteroatoms. The highest BCUT2D eigenvalue weighted by molar-refractivity contribution is 5.85. The number of aryl methyl sites for hydroxylation is 3. The van der Waals surface area contributed by atoms with E-state index in [2.05, 4.69) is 33.9 Å². The van der Waals surface area contributed by atoms with Gasteiger partial charge in [-0.1, -0.05) is 12.1 Å². The highest BCUT2D eigenvalue weighted by Crippen LogP contribution is 2.35. The summed E-state index contributed by atoms with van der Waals surface area (Å²) in [4.78, 5) is 19.2. The number of hydrogen-bond donors (Lipinski definition) is 0. The quantitative estimate of drug-likeness (QED) is 0.119. The summed E-state index contributed by atoms with van der Waals surface area (Å²) in [5, 5.41) is 4.59. The van der Waals surface area contributed by atoms with Crippen molar-refractivity contribution in [2.45, 2.75) is 71.1 Å². The van der Waals surface area contributed by atoms with E-state index in [-0.39, 0.29) is 30.6 Å². The highest BCUT2D eigenvalue weighted by Gasteiger charge is 2.31. The summed E-state index contributed by atoms with van der Waals surface area (Å²) in [6.45, 7) is 11.6. The molecule has 1 heterocycles. The first-order valence-electron chi connectivity index (χ1n) is 14.4. The minimum Gasteiger partial charge on any atom is -0.469 e. The number of nitrogens with zero attached hydrogens (tertiary/aromatic N) is 5. The molecule has 2 aromatic carbocycles. The summed E-state index contributed by atoms with van der Waals surface area (Å²) in [5.74, 6) is 0.429. The van der Waals surface area contributed by atoms with Crippen molar-refractivity contribution in [2.24, 2.45) is 7.05 Å². The first-order chi connectivity index (χ1) is 20.1. The average molecular weight is 618 g/mol. The van der Waals surface area contributed by atoms with Gasteiger partial charge in [-0.25, -0.2) is 4.85 Å². The van der Waals surface area contributed by atoms with Crippen LogP contribution in [0.5, 0.6) is 0 Å². The molecule has 0 spiro atoms. The number of anilines is 2. The minimum atomic E-state index is -4.55. The smallest absolute Gasteiger partial charge is 0.415 e. The van der Waals surface area contributed by atoms with Crippen LogP contribution in [0, 0.1) is 6.57 Å². The topological polar surface area (TPSA) is 55.0 Å². The van der Waals surface area contributed by atoms with Gasteiger partial charge in [0.05, 0.1) is 13.7 Å². The predicted molar refractivity (Wildman–Crippen MR) is 165 cm³/mol. The van der Waals surface area contributed by atoms with E-state index in [1.165, 1.54) is 24.3 Å². The number of unbranched alkanes of at least 4 members (excludes halogenated alkanes) is 1. The number of benzene rings is 2. The number of esters is 1. The Balaban J connectivity index is 0.00000506. The van der Waals surface area contributed by atoms with Crippen molar-refractivity contribution in [1.29, 1.82) is 0 Å². The zero-order valence-corrected chi connectivity index (χ0v) is 25.7. The van der Waals surface area contributed by atoms with Crippen molar-refractivity contribution in [3.63, 3.8) is 0 Å². The van der Waals surface area contributed by atoms with E-state index in [1.807, 2.05) is 17.2 Å². The lowest BCUT2D eigenvalue weighted by atomic mass is 9.89.